The zero-order valence-corrected chi connectivity index (χ0v) is 17.5. The van der Waals surface area contributed by atoms with Gasteiger partial charge in [0, 0.05) is 35.1 Å². The van der Waals surface area contributed by atoms with E-state index in [1.54, 1.807) is 13.2 Å². The van der Waals surface area contributed by atoms with Crippen LogP contribution in [0.5, 0.6) is 0 Å². The summed E-state index contributed by atoms with van der Waals surface area (Å²) in [5.74, 6) is -0.751. The van der Waals surface area contributed by atoms with Gasteiger partial charge in [-0.3, -0.25) is 9.78 Å². The number of hydrogen-bond donors (Lipinski definition) is 0. The maximum Gasteiger partial charge on any atom is 0.339 e. The molecule has 0 radical (unpaired) electrons. The Labute approximate surface area is 170 Å². The summed E-state index contributed by atoms with van der Waals surface area (Å²) in [7, 11) is 1.65. The number of Topliss-reactive ketones (excluding diaryl/α,β-unsaturated/α-hetero) is 1. The number of carbonyl (C=O) groups excluding carboxylic acids is 2. The van der Waals surface area contributed by atoms with E-state index in [-0.39, 0.29) is 18.4 Å². The second kappa shape index (κ2) is 8.57. The van der Waals surface area contributed by atoms with Crippen LogP contribution in [0, 0.1) is 20.8 Å². The summed E-state index contributed by atoms with van der Waals surface area (Å²) < 4.78 is 12.7. The highest BCUT2D eigenvalue weighted by molar-refractivity contribution is 6.05. The molecule has 0 spiro atoms. The molecule has 2 aromatic heterocycles. The summed E-state index contributed by atoms with van der Waals surface area (Å²) in [6.45, 7) is 7.95. The molecule has 1 atom stereocenters. The van der Waals surface area contributed by atoms with Crippen molar-refractivity contribution in [3.63, 3.8) is 0 Å². The number of methoxy groups -OCH3 is 1. The molecule has 6 heteroatoms. The zero-order chi connectivity index (χ0) is 21.1. The topological polar surface area (TPSA) is 70.4 Å². The Morgan fingerprint density at radius 1 is 1.10 bits per heavy atom. The Kier molecular flexibility index (Phi) is 6.13. The normalized spacial score (nSPS) is 12.2. The van der Waals surface area contributed by atoms with Gasteiger partial charge in [-0.15, -0.1) is 0 Å². The Bertz CT molecular complexity index is 1070. The summed E-state index contributed by atoms with van der Waals surface area (Å²) in [5, 5.41) is 0.710. The number of ether oxygens (including phenoxy) is 2. The number of nitrogens with zero attached hydrogens (tertiary/aromatic N) is 2. The number of pyridine rings is 1. The largest absolute Gasteiger partial charge is 0.454 e. The van der Waals surface area contributed by atoms with Gasteiger partial charge in [-0.05, 0) is 45.9 Å². The minimum absolute atomic E-state index is 0.107. The average molecular weight is 394 g/mol. The minimum atomic E-state index is -0.526. The third-order valence-corrected chi connectivity index (χ3v) is 5.03. The Balaban J connectivity index is 1.78. The van der Waals surface area contributed by atoms with Crippen LogP contribution in [0.2, 0.25) is 0 Å². The fraction of sp³-hybridized carbons (Fsp3) is 0.348. The molecule has 0 fully saturated rings. The molecule has 152 valence electrons. The summed E-state index contributed by atoms with van der Waals surface area (Å²) in [5.41, 5.74) is 4.24. The van der Waals surface area contributed by atoms with Crippen molar-refractivity contribution in [3.8, 4) is 0 Å². The summed E-state index contributed by atoms with van der Waals surface area (Å²) in [4.78, 5) is 29.8. The van der Waals surface area contributed by atoms with Gasteiger partial charge in [0.05, 0.1) is 23.7 Å². The van der Waals surface area contributed by atoms with E-state index in [1.807, 2.05) is 58.0 Å². The van der Waals surface area contributed by atoms with Crippen molar-refractivity contribution in [2.24, 2.45) is 0 Å². The van der Waals surface area contributed by atoms with Gasteiger partial charge in [-0.25, -0.2) is 4.79 Å². The molecule has 29 heavy (non-hydrogen) atoms. The van der Waals surface area contributed by atoms with Gasteiger partial charge in [-0.2, -0.15) is 0 Å². The third kappa shape index (κ3) is 4.22. The molecule has 0 aliphatic carbocycles. The quantitative estimate of drug-likeness (QED) is 0.443. The molecule has 0 N–H and O–H groups in total. The zero-order valence-electron chi connectivity index (χ0n) is 17.5. The van der Waals surface area contributed by atoms with Crippen LogP contribution in [0.4, 0.5) is 0 Å². The summed E-state index contributed by atoms with van der Waals surface area (Å²) in [6.07, 6.45) is 0. The fourth-order valence-electron chi connectivity index (χ4n) is 3.82. The van der Waals surface area contributed by atoms with E-state index in [0.717, 1.165) is 22.6 Å². The number of fused-ring (bicyclic) bond motifs is 1. The van der Waals surface area contributed by atoms with E-state index in [4.69, 9.17) is 9.47 Å². The van der Waals surface area contributed by atoms with Gasteiger partial charge in [0.15, 0.2) is 6.61 Å². The number of hydrogen-bond acceptors (Lipinski definition) is 5. The molecular formula is C23H26N2O4. The molecule has 1 aromatic carbocycles. The molecule has 3 aromatic rings. The van der Waals surface area contributed by atoms with Crippen LogP contribution in [0.25, 0.3) is 10.9 Å². The van der Waals surface area contributed by atoms with Crippen molar-refractivity contribution < 1.29 is 19.1 Å². The van der Waals surface area contributed by atoms with Crippen LogP contribution in [0.15, 0.2) is 36.4 Å². The van der Waals surface area contributed by atoms with Crippen molar-refractivity contribution in [3.05, 3.63) is 64.6 Å². The standard InChI is InChI=1S/C23H26N2O4/c1-14-10-20(18-8-6-7-9-21(18)24-14)23(27)29-13-22(26)19-11-15(2)25(17(19)4)16(3)12-28-5/h6-11,16H,12-13H2,1-5H3/t16-/m0/s1. The lowest BCUT2D eigenvalue weighted by molar-refractivity contribution is 0.0476. The highest BCUT2D eigenvalue weighted by Gasteiger charge is 2.21. The van der Waals surface area contributed by atoms with Gasteiger partial charge < -0.3 is 14.0 Å². The predicted octanol–water partition coefficient (Wildman–Crippen LogP) is 4.21. The first-order chi connectivity index (χ1) is 13.8. The van der Waals surface area contributed by atoms with Crippen molar-refractivity contribution >= 4 is 22.7 Å². The lowest BCUT2D eigenvalue weighted by Gasteiger charge is -2.17. The maximum atomic E-state index is 12.7. The van der Waals surface area contributed by atoms with Gasteiger partial charge in [0.25, 0.3) is 0 Å². The smallest absolute Gasteiger partial charge is 0.339 e. The van der Waals surface area contributed by atoms with Crippen molar-refractivity contribution in [2.45, 2.75) is 33.7 Å². The average Bonchev–Trinajstić information content (AvgIpc) is 2.99. The van der Waals surface area contributed by atoms with E-state index in [0.29, 0.717) is 23.1 Å². The fourth-order valence-corrected chi connectivity index (χ4v) is 3.82. The van der Waals surface area contributed by atoms with Crippen LogP contribution in [0.1, 0.15) is 50.8 Å². The number of benzene rings is 1. The molecule has 6 nitrogen and oxygen atoms in total. The van der Waals surface area contributed by atoms with E-state index in [1.165, 1.54) is 0 Å². The molecular weight excluding hydrogens is 368 g/mol. The van der Waals surface area contributed by atoms with E-state index < -0.39 is 5.97 Å². The molecule has 0 amide bonds. The summed E-state index contributed by atoms with van der Waals surface area (Å²) >= 11 is 0. The number of ketones is 1. The maximum absolute atomic E-state index is 12.7. The van der Waals surface area contributed by atoms with E-state index in [9.17, 15) is 9.59 Å². The van der Waals surface area contributed by atoms with Gasteiger partial charge in [0.2, 0.25) is 5.78 Å². The first-order valence-corrected chi connectivity index (χ1v) is 9.57. The minimum Gasteiger partial charge on any atom is -0.454 e. The second-order valence-electron chi connectivity index (χ2n) is 7.29. The molecule has 0 aliphatic heterocycles. The number of carbonyl (C=O) groups is 2. The van der Waals surface area contributed by atoms with Gasteiger partial charge >= 0.3 is 5.97 Å². The lowest BCUT2D eigenvalue weighted by atomic mass is 10.1. The van der Waals surface area contributed by atoms with Crippen molar-refractivity contribution in [1.29, 1.82) is 0 Å². The lowest BCUT2D eigenvalue weighted by Crippen LogP contribution is -2.17. The van der Waals surface area contributed by atoms with E-state index >= 15 is 0 Å². The number of aryl methyl sites for hydroxylation is 2. The van der Waals surface area contributed by atoms with Crippen LogP contribution < -0.4 is 0 Å². The molecule has 2 heterocycles. The monoisotopic (exact) mass is 394 g/mol. The first-order valence-electron chi connectivity index (χ1n) is 9.57. The van der Waals surface area contributed by atoms with Crippen LogP contribution in [-0.4, -0.2) is 41.6 Å². The van der Waals surface area contributed by atoms with Crippen LogP contribution in [-0.2, 0) is 9.47 Å². The molecule has 0 bridgehead atoms. The molecule has 0 unspecified atom stereocenters. The molecule has 3 rings (SSSR count). The molecule has 0 saturated heterocycles. The number of aromatic nitrogens is 2. The highest BCUT2D eigenvalue weighted by atomic mass is 16.5. The van der Waals surface area contributed by atoms with Crippen LogP contribution in [0.3, 0.4) is 0 Å². The number of para-hydroxylation sites is 1. The van der Waals surface area contributed by atoms with Gasteiger partial charge in [-0.1, -0.05) is 18.2 Å². The SMILES string of the molecule is COC[C@H](C)n1c(C)cc(C(=O)COC(=O)c2cc(C)nc3ccccc23)c1C. The molecule has 0 aliphatic rings. The second-order valence-corrected chi connectivity index (χ2v) is 7.29. The summed E-state index contributed by atoms with van der Waals surface area (Å²) in [6, 6.07) is 11.0. The van der Waals surface area contributed by atoms with Crippen LogP contribution >= 0.6 is 0 Å². The number of esters is 1. The Morgan fingerprint density at radius 3 is 2.55 bits per heavy atom. The Hall–Kier alpha value is -2.99. The predicted molar refractivity (Wildman–Crippen MR) is 112 cm³/mol. The number of rotatable bonds is 7. The van der Waals surface area contributed by atoms with E-state index in [2.05, 4.69) is 9.55 Å². The third-order valence-electron chi connectivity index (χ3n) is 5.03. The first kappa shape index (κ1) is 20.7. The van der Waals surface area contributed by atoms with Gasteiger partial charge in [0.1, 0.15) is 0 Å². The Morgan fingerprint density at radius 2 is 1.83 bits per heavy atom. The molecule has 0 saturated carbocycles. The highest BCUT2D eigenvalue weighted by Crippen LogP contribution is 2.22. The van der Waals surface area contributed by atoms with Crippen molar-refractivity contribution in [2.75, 3.05) is 20.3 Å². The van der Waals surface area contributed by atoms with Crippen molar-refractivity contribution in [1.82, 2.24) is 9.55 Å².